The van der Waals surface area contributed by atoms with Crippen molar-refractivity contribution in [2.45, 2.75) is 36.8 Å². The van der Waals surface area contributed by atoms with Gasteiger partial charge >= 0.3 is 0 Å². The molecule has 0 fully saturated rings. The molecular formula is C15H17Cl3N2OS. The zero-order valence-electron chi connectivity index (χ0n) is 12.1. The zero-order chi connectivity index (χ0) is 14.8. The number of nitrogens with zero attached hydrogens (tertiary/aromatic N) is 1. The molecular weight excluding hydrogens is 363 g/mol. The van der Waals surface area contributed by atoms with E-state index in [1.807, 2.05) is 19.1 Å². The van der Waals surface area contributed by atoms with Gasteiger partial charge in [0.1, 0.15) is 5.76 Å². The highest BCUT2D eigenvalue weighted by molar-refractivity contribution is 7.98. The fraction of sp³-hybridized carbons (Fsp3) is 0.400. The number of anilines is 1. The first kappa shape index (κ1) is 17.8. The van der Waals surface area contributed by atoms with Gasteiger partial charge in [-0.1, -0.05) is 28.4 Å². The van der Waals surface area contributed by atoms with E-state index < -0.39 is 0 Å². The van der Waals surface area contributed by atoms with Gasteiger partial charge in [-0.15, -0.1) is 24.2 Å². The van der Waals surface area contributed by atoms with E-state index in [-0.39, 0.29) is 12.4 Å². The second-order valence-electron chi connectivity index (χ2n) is 5.12. The molecule has 0 amide bonds. The van der Waals surface area contributed by atoms with E-state index in [2.05, 4.69) is 10.5 Å². The van der Waals surface area contributed by atoms with E-state index >= 15 is 0 Å². The Morgan fingerprint density at radius 2 is 2.09 bits per heavy atom. The number of fused-ring (bicyclic) bond motifs is 1. The average molecular weight is 380 g/mol. The second-order valence-corrected chi connectivity index (χ2v) is 6.92. The average Bonchev–Trinajstić information content (AvgIpc) is 2.72. The number of rotatable bonds is 3. The molecule has 0 unspecified atom stereocenters. The Kier molecular flexibility index (Phi) is 6.33. The normalized spacial score (nSPS) is 13.8. The third kappa shape index (κ3) is 3.85. The first-order chi connectivity index (χ1) is 10.1. The van der Waals surface area contributed by atoms with Gasteiger partial charge in [-0.25, -0.2) is 0 Å². The highest BCUT2D eigenvalue weighted by Crippen LogP contribution is 2.42. The minimum Gasteiger partial charge on any atom is -0.384 e. The van der Waals surface area contributed by atoms with Crippen molar-refractivity contribution < 1.29 is 4.52 Å². The summed E-state index contributed by atoms with van der Waals surface area (Å²) in [6.45, 7) is 2.85. The minimum absolute atomic E-state index is 0. The predicted molar refractivity (Wildman–Crippen MR) is 95.9 cm³/mol. The summed E-state index contributed by atoms with van der Waals surface area (Å²) >= 11 is 14.4. The number of nitrogens with one attached hydrogen (secondary N) is 1. The fourth-order valence-corrected chi connectivity index (χ4v) is 4.24. The van der Waals surface area contributed by atoms with Crippen LogP contribution in [0.5, 0.6) is 0 Å². The number of benzene rings is 1. The Bertz CT molecular complexity index is 660. The summed E-state index contributed by atoms with van der Waals surface area (Å²) in [6, 6.07) is 3.78. The molecule has 2 aromatic rings. The maximum absolute atomic E-state index is 6.41. The van der Waals surface area contributed by atoms with Crippen LogP contribution in [0, 0.1) is 6.92 Å². The summed E-state index contributed by atoms with van der Waals surface area (Å²) in [5.41, 5.74) is 3.20. The van der Waals surface area contributed by atoms with Crippen LogP contribution in [0.2, 0.25) is 10.0 Å². The van der Waals surface area contributed by atoms with Crippen molar-refractivity contribution in [3.8, 4) is 0 Å². The summed E-state index contributed by atoms with van der Waals surface area (Å²) in [5, 5.41) is 8.88. The standard InChI is InChI=1S/C15H16Cl2N2OS.ClH/c1-9-6-10(19-20-9)8-21-15-11-4-2-3-5-18-14(11)12(16)7-13(15)17;/h6-7,18H,2-5,8H2,1H3;1H. The van der Waals surface area contributed by atoms with Crippen LogP contribution < -0.4 is 5.32 Å². The zero-order valence-corrected chi connectivity index (χ0v) is 15.3. The SMILES string of the molecule is Cc1cc(CSc2c(Cl)cc(Cl)c3c2CCCCN3)no1.Cl. The number of halogens is 3. The molecule has 3 nitrogen and oxygen atoms in total. The van der Waals surface area contributed by atoms with E-state index in [1.165, 1.54) is 5.56 Å². The molecule has 120 valence electrons. The summed E-state index contributed by atoms with van der Waals surface area (Å²) < 4.78 is 5.11. The van der Waals surface area contributed by atoms with Crippen molar-refractivity contribution in [2.24, 2.45) is 0 Å². The number of aryl methyl sites for hydroxylation is 1. The molecule has 7 heteroatoms. The van der Waals surface area contributed by atoms with Crippen LogP contribution in [0.15, 0.2) is 21.6 Å². The monoisotopic (exact) mass is 378 g/mol. The molecule has 3 rings (SSSR count). The van der Waals surface area contributed by atoms with Crippen LogP contribution in [0.4, 0.5) is 5.69 Å². The van der Waals surface area contributed by atoms with Gasteiger partial charge in [0.2, 0.25) is 0 Å². The first-order valence-corrected chi connectivity index (χ1v) is 8.69. The Labute approximate surface area is 150 Å². The number of aromatic nitrogens is 1. The van der Waals surface area contributed by atoms with Crippen LogP contribution >= 0.6 is 47.4 Å². The van der Waals surface area contributed by atoms with Crippen LogP contribution in [0.3, 0.4) is 0 Å². The van der Waals surface area contributed by atoms with E-state index in [1.54, 1.807) is 11.8 Å². The highest BCUT2D eigenvalue weighted by Gasteiger charge is 2.19. The molecule has 0 spiro atoms. The van der Waals surface area contributed by atoms with E-state index in [4.69, 9.17) is 27.7 Å². The topological polar surface area (TPSA) is 38.1 Å². The summed E-state index contributed by atoms with van der Waals surface area (Å²) in [6.07, 6.45) is 3.30. The third-order valence-corrected chi connectivity index (χ3v) is 5.38. The molecule has 2 heterocycles. The molecule has 1 aromatic heterocycles. The predicted octanol–water partition coefficient (Wildman–Crippen LogP) is 5.75. The first-order valence-electron chi connectivity index (χ1n) is 6.95. The highest BCUT2D eigenvalue weighted by atomic mass is 35.5. The lowest BCUT2D eigenvalue weighted by Gasteiger charge is -2.16. The van der Waals surface area contributed by atoms with Gasteiger partial charge in [0.05, 0.1) is 21.4 Å². The van der Waals surface area contributed by atoms with Crippen molar-refractivity contribution in [1.82, 2.24) is 5.16 Å². The molecule has 1 aliphatic heterocycles. The molecule has 0 saturated carbocycles. The lowest BCUT2D eigenvalue weighted by atomic mass is 10.1. The second kappa shape index (κ2) is 7.82. The van der Waals surface area contributed by atoms with Gasteiger partial charge in [-0.2, -0.15) is 0 Å². The van der Waals surface area contributed by atoms with E-state index in [0.717, 1.165) is 53.6 Å². The molecule has 1 aromatic carbocycles. The van der Waals surface area contributed by atoms with Gasteiger partial charge in [0.25, 0.3) is 0 Å². The van der Waals surface area contributed by atoms with Gasteiger partial charge < -0.3 is 9.84 Å². The van der Waals surface area contributed by atoms with Crippen LogP contribution in [0.1, 0.15) is 29.9 Å². The molecule has 1 N–H and O–H groups in total. The summed E-state index contributed by atoms with van der Waals surface area (Å²) in [7, 11) is 0. The van der Waals surface area contributed by atoms with Gasteiger partial charge in [0, 0.05) is 23.3 Å². The molecule has 0 aliphatic carbocycles. The number of hydrogen-bond donors (Lipinski definition) is 1. The number of hydrogen-bond acceptors (Lipinski definition) is 4. The summed E-state index contributed by atoms with van der Waals surface area (Å²) in [4.78, 5) is 1.10. The Morgan fingerprint density at radius 1 is 1.27 bits per heavy atom. The van der Waals surface area contributed by atoms with Gasteiger partial charge in [-0.05, 0) is 37.8 Å². The summed E-state index contributed by atoms with van der Waals surface area (Å²) in [5.74, 6) is 1.57. The molecule has 1 aliphatic rings. The Morgan fingerprint density at radius 3 is 2.82 bits per heavy atom. The lowest BCUT2D eigenvalue weighted by Crippen LogP contribution is -2.01. The molecule has 0 radical (unpaired) electrons. The van der Waals surface area contributed by atoms with Crippen LogP contribution in [-0.4, -0.2) is 11.7 Å². The molecule has 0 atom stereocenters. The van der Waals surface area contributed by atoms with Crippen molar-refractivity contribution in [1.29, 1.82) is 0 Å². The van der Waals surface area contributed by atoms with Crippen LogP contribution in [0.25, 0.3) is 0 Å². The third-order valence-electron chi connectivity index (χ3n) is 3.48. The van der Waals surface area contributed by atoms with Crippen molar-refractivity contribution in [3.63, 3.8) is 0 Å². The minimum atomic E-state index is 0. The van der Waals surface area contributed by atoms with Crippen molar-refractivity contribution in [3.05, 3.63) is 39.2 Å². The Hall–Kier alpha value is -0.550. The van der Waals surface area contributed by atoms with Gasteiger partial charge in [0.15, 0.2) is 0 Å². The molecule has 22 heavy (non-hydrogen) atoms. The largest absolute Gasteiger partial charge is 0.384 e. The van der Waals surface area contributed by atoms with Crippen molar-refractivity contribution >= 4 is 53.1 Å². The van der Waals surface area contributed by atoms with Crippen LogP contribution in [-0.2, 0) is 12.2 Å². The number of thioether (sulfide) groups is 1. The van der Waals surface area contributed by atoms with E-state index in [9.17, 15) is 0 Å². The maximum Gasteiger partial charge on any atom is 0.133 e. The fourth-order valence-electron chi connectivity index (χ4n) is 2.51. The van der Waals surface area contributed by atoms with Gasteiger partial charge in [-0.3, -0.25) is 0 Å². The molecule has 0 bridgehead atoms. The smallest absolute Gasteiger partial charge is 0.133 e. The lowest BCUT2D eigenvalue weighted by molar-refractivity contribution is 0.393. The maximum atomic E-state index is 6.41. The quantitative estimate of drug-likeness (QED) is 0.689. The molecule has 0 saturated heterocycles. The van der Waals surface area contributed by atoms with E-state index in [0.29, 0.717) is 10.0 Å². The Balaban J connectivity index is 0.00000176. The van der Waals surface area contributed by atoms with Crippen molar-refractivity contribution in [2.75, 3.05) is 11.9 Å².